The number of carbonyl (C=O) groups is 1. The molecule has 1 aromatic heterocycles. The van der Waals surface area contributed by atoms with E-state index in [0.29, 0.717) is 10.7 Å². The Hall–Kier alpha value is -1.80. The van der Waals surface area contributed by atoms with E-state index in [0.717, 1.165) is 69.7 Å². The minimum absolute atomic E-state index is 0.0960. The Morgan fingerprint density at radius 3 is 2.93 bits per heavy atom. The van der Waals surface area contributed by atoms with Crippen LogP contribution in [0.1, 0.15) is 41.4 Å². The fourth-order valence-electron chi connectivity index (χ4n) is 4.09. The maximum atomic E-state index is 12.7. The number of ether oxygens (including phenoxy) is 1. The molecule has 29 heavy (non-hydrogen) atoms. The summed E-state index contributed by atoms with van der Waals surface area (Å²) in [6.07, 6.45) is 2.58. The van der Waals surface area contributed by atoms with Gasteiger partial charge in [0.15, 0.2) is 5.13 Å². The van der Waals surface area contributed by atoms with Crippen LogP contribution in [0.3, 0.4) is 0 Å². The van der Waals surface area contributed by atoms with Crippen LogP contribution in [0.5, 0.6) is 0 Å². The summed E-state index contributed by atoms with van der Waals surface area (Å²) >= 11 is 1.50. The number of morpholine rings is 1. The number of anilines is 1. The fraction of sp³-hybridized carbons (Fsp3) is 0.545. The Balaban J connectivity index is 1.33. The Bertz CT molecular complexity index is 819. The molecule has 0 radical (unpaired) electrons. The third-order valence-corrected chi connectivity index (χ3v) is 6.40. The third kappa shape index (κ3) is 5.85. The molecule has 0 spiro atoms. The van der Waals surface area contributed by atoms with Crippen LogP contribution in [0.2, 0.25) is 0 Å². The maximum absolute atomic E-state index is 12.7. The molecule has 2 aliphatic heterocycles. The van der Waals surface area contributed by atoms with E-state index in [9.17, 15) is 4.79 Å². The van der Waals surface area contributed by atoms with E-state index in [1.165, 1.54) is 24.2 Å². The molecule has 7 heteroatoms. The van der Waals surface area contributed by atoms with Crippen LogP contribution >= 0.6 is 11.3 Å². The van der Waals surface area contributed by atoms with Gasteiger partial charge >= 0.3 is 0 Å². The van der Waals surface area contributed by atoms with Crippen LogP contribution in [0.25, 0.3) is 0 Å². The van der Waals surface area contributed by atoms with Crippen LogP contribution in [0, 0.1) is 5.92 Å². The predicted octanol–water partition coefficient (Wildman–Crippen LogP) is 3.46. The van der Waals surface area contributed by atoms with E-state index in [1.54, 1.807) is 0 Å². The molecular weight excluding hydrogens is 384 g/mol. The van der Waals surface area contributed by atoms with Crippen molar-refractivity contribution in [2.45, 2.75) is 32.9 Å². The molecule has 3 heterocycles. The molecule has 1 amide bonds. The molecule has 2 aliphatic rings. The quantitative estimate of drug-likeness (QED) is 0.785. The standard InChI is InChI=1S/C22H30N4O2S/c1-17-4-3-7-26(13-17)15-20-16-29-22(23-20)24-21(27)19-6-2-5-18(12-19)14-25-8-10-28-11-9-25/h2,5-6,12,16-17H,3-4,7-11,13-15H2,1H3,(H,23,24,27). The first-order valence-corrected chi connectivity index (χ1v) is 11.4. The van der Waals surface area contributed by atoms with Crippen molar-refractivity contribution in [1.82, 2.24) is 14.8 Å². The Morgan fingerprint density at radius 1 is 1.24 bits per heavy atom. The second-order valence-corrected chi connectivity index (χ2v) is 9.03. The van der Waals surface area contributed by atoms with E-state index < -0.39 is 0 Å². The zero-order chi connectivity index (χ0) is 20.1. The number of nitrogens with one attached hydrogen (secondary N) is 1. The van der Waals surface area contributed by atoms with Gasteiger partial charge in [-0.05, 0) is 43.0 Å². The van der Waals surface area contributed by atoms with Crippen molar-refractivity contribution < 1.29 is 9.53 Å². The number of nitrogens with zero attached hydrogens (tertiary/aromatic N) is 3. The lowest BCUT2D eigenvalue weighted by molar-refractivity contribution is 0.0342. The topological polar surface area (TPSA) is 57.7 Å². The number of aromatic nitrogens is 1. The first kappa shape index (κ1) is 20.5. The normalized spacial score (nSPS) is 21.2. The second kappa shape index (κ2) is 9.80. The summed E-state index contributed by atoms with van der Waals surface area (Å²) in [5.41, 5.74) is 2.87. The van der Waals surface area contributed by atoms with Gasteiger partial charge in [-0.1, -0.05) is 19.1 Å². The SMILES string of the molecule is CC1CCCN(Cc2csc(NC(=O)c3cccc(CN4CCOCC4)c3)n2)C1. The van der Waals surface area contributed by atoms with Gasteiger partial charge in [-0.2, -0.15) is 0 Å². The number of thiazole rings is 1. The molecule has 156 valence electrons. The highest BCUT2D eigenvalue weighted by molar-refractivity contribution is 7.13. The van der Waals surface area contributed by atoms with E-state index in [2.05, 4.69) is 38.5 Å². The molecular formula is C22H30N4O2S. The number of benzene rings is 1. The molecule has 1 aromatic carbocycles. The van der Waals surface area contributed by atoms with Crippen molar-refractivity contribution in [3.05, 3.63) is 46.5 Å². The van der Waals surface area contributed by atoms with Crippen molar-refractivity contribution in [2.24, 2.45) is 5.92 Å². The molecule has 2 saturated heterocycles. The predicted molar refractivity (Wildman–Crippen MR) is 116 cm³/mol. The Morgan fingerprint density at radius 2 is 2.10 bits per heavy atom. The van der Waals surface area contributed by atoms with Crippen molar-refractivity contribution in [3.63, 3.8) is 0 Å². The zero-order valence-corrected chi connectivity index (χ0v) is 17.9. The molecule has 0 bridgehead atoms. The second-order valence-electron chi connectivity index (χ2n) is 8.17. The minimum Gasteiger partial charge on any atom is -0.379 e. The summed E-state index contributed by atoms with van der Waals surface area (Å²) in [6, 6.07) is 7.87. The van der Waals surface area contributed by atoms with Crippen molar-refractivity contribution >= 4 is 22.4 Å². The summed E-state index contributed by atoms with van der Waals surface area (Å²) in [6.45, 7) is 9.74. The maximum Gasteiger partial charge on any atom is 0.257 e. The van der Waals surface area contributed by atoms with E-state index in [1.807, 2.05) is 18.2 Å². The first-order valence-electron chi connectivity index (χ1n) is 10.5. The lowest BCUT2D eigenvalue weighted by Gasteiger charge is -2.30. The van der Waals surface area contributed by atoms with Crippen LogP contribution < -0.4 is 5.32 Å². The highest BCUT2D eigenvalue weighted by Gasteiger charge is 2.18. The van der Waals surface area contributed by atoms with Crippen LogP contribution in [-0.2, 0) is 17.8 Å². The molecule has 6 nitrogen and oxygen atoms in total. The molecule has 2 fully saturated rings. The summed E-state index contributed by atoms with van der Waals surface area (Å²) in [5, 5.41) is 5.71. The van der Waals surface area contributed by atoms with Gasteiger partial charge < -0.3 is 4.74 Å². The van der Waals surface area contributed by atoms with E-state index >= 15 is 0 Å². The summed E-state index contributed by atoms with van der Waals surface area (Å²) in [5.74, 6) is 0.660. The zero-order valence-electron chi connectivity index (χ0n) is 17.1. The van der Waals surface area contributed by atoms with Crippen LogP contribution in [0.4, 0.5) is 5.13 Å². The average molecular weight is 415 g/mol. The van der Waals surface area contributed by atoms with Gasteiger partial charge in [0.25, 0.3) is 5.91 Å². The van der Waals surface area contributed by atoms with Gasteiger partial charge in [-0.15, -0.1) is 11.3 Å². The summed E-state index contributed by atoms with van der Waals surface area (Å²) in [4.78, 5) is 22.2. The largest absolute Gasteiger partial charge is 0.379 e. The van der Waals surface area contributed by atoms with Gasteiger partial charge in [0.05, 0.1) is 18.9 Å². The molecule has 1 unspecified atom stereocenters. The number of piperidine rings is 1. The summed E-state index contributed by atoms with van der Waals surface area (Å²) in [7, 11) is 0. The number of carbonyl (C=O) groups excluding carboxylic acids is 1. The number of amides is 1. The number of likely N-dealkylation sites (tertiary alicyclic amines) is 1. The van der Waals surface area contributed by atoms with Gasteiger partial charge in [0.1, 0.15) is 0 Å². The smallest absolute Gasteiger partial charge is 0.257 e. The molecule has 1 atom stereocenters. The van der Waals surface area contributed by atoms with Crippen molar-refractivity contribution in [3.8, 4) is 0 Å². The van der Waals surface area contributed by atoms with Gasteiger partial charge in [0, 0.05) is 43.7 Å². The molecule has 1 N–H and O–H groups in total. The number of hydrogen-bond donors (Lipinski definition) is 1. The van der Waals surface area contributed by atoms with Gasteiger partial charge in [-0.25, -0.2) is 4.98 Å². The van der Waals surface area contributed by atoms with Crippen molar-refractivity contribution in [2.75, 3.05) is 44.7 Å². The average Bonchev–Trinajstić information content (AvgIpc) is 3.15. The van der Waals surface area contributed by atoms with Crippen LogP contribution in [-0.4, -0.2) is 60.1 Å². The van der Waals surface area contributed by atoms with E-state index in [-0.39, 0.29) is 5.91 Å². The Kier molecular flexibility index (Phi) is 6.92. The summed E-state index contributed by atoms with van der Waals surface area (Å²) < 4.78 is 5.41. The molecule has 2 aromatic rings. The number of hydrogen-bond acceptors (Lipinski definition) is 6. The highest BCUT2D eigenvalue weighted by atomic mass is 32.1. The molecule has 0 saturated carbocycles. The lowest BCUT2D eigenvalue weighted by Crippen LogP contribution is -2.35. The van der Waals surface area contributed by atoms with Gasteiger partial charge in [-0.3, -0.25) is 19.9 Å². The third-order valence-electron chi connectivity index (χ3n) is 5.60. The lowest BCUT2D eigenvalue weighted by atomic mass is 10.0. The Labute approximate surface area is 176 Å². The van der Waals surface area contributed by atoms with Crippen LogP contribution in [0.15, 0.2) is 29.6 Å². The monoisotopic (exact) mass is 414 g/mol. The molecule has 0 aliphatic carbocycles. The van der Waals surface area contributed by atoms with Gasteiger partial charge in [0.2, 0.25) is 0 Å². The van der Waals surface area contributed by atoms with E-state index in [4.69, 9.17) is 4.74 Å². The highest BCUT2D eigenvalue weighted by Crippen LogP contribution is 2.21. The first-order chi connectivity index (χ1) is 14.2. The van der Waals surface area contributed by atoms with Crippen molar-refractivity contribution in [1.29, 1.82) is 0 Å². The molecule has 4 rings (SSSR count). The minimum atomic E-state index is -0.0960. The number of rotatable bonds is 6. The fourth-order valence-corrected chi connectivity index (χ4v) is 4.79.